The molecule has 7 heteroatoms. The van der Waals surface area contributed by atoms with Gasteiger partial charge in [0.2, 0.25) is 0 Å². The lowest BCUT2D eigenvalue weighted by atomic mass is 9.98. The second-order valence-electron chi connectivity index (χ2n) is 10.8. The van der Waals surface area contributed by atoms with Crippen LogP contribution in [0.25, 0.3) is 39.2 Å². The van der Waals surface area contributed by atoms with E-state index in [-0.39, 0.29) is 18.9 Å². The van der Waals surface area contributed by atoms with Crippen LogP contribution in [0.1, 0.15) is 22.7 Å². The third-order valence-corrected chi connectivity index (χ3v) is 8.23. The summed E-state index contributed by atoms with van der Waals surface area (Å²) in [6.07, 6.45) is 1.09. The van der Waals surface area contributed by atoms with Gasteiger partial charge in [-0.2, -0.15) is 0 Å². The molecule has 216 valence electrons. The van der Waals surface area contributed by atoms with Crippen molar-refractivity contribution in [1.82, 2.24) is 14.7 Å². The molecule has 0 fully saturated rings. The van der Waals surface area contributed by atoms with E-state index in [1.807, 2.05) is 108 Å². The Morgan fingerprint density at radius 3 is 2.02 bits per heavy atom. The first-order valence-corrected chi connectivity index (χ1v) is 14.5. The molecule has 0 saturated heterocycles. The first-order chi connectivity index (χ1) is 21.6. The van der Waals surface area contributed by atoms with Gasteiger partial charge in [-0.15, -0.1) is 0 Å². The quantitative estimate of drug-likeness (QED) is 0.199. The number of ether oxygens (including phenoxy) is 1. The van der Waals surface area contributed by atoms with Crippen molar-refractivity contribution >= 4 is 17.7 Å². The van der Waals surface area contributed by atoms with Gasteiger partial charge in [-0.1, -0.05) is 109 Å². The molecular formula is C37H29N3O4. The van der Waals surface area contributed by atoms with E-state index in [0.717, 1.165) is 38.9 Å². The summed E-state index contributed by atoms with van der Waals surface area (Å²) in [5.41, 5.74) is 9.48. The van der Waals surface area contributed by atoms with E-state index in [2.05, 4.69) is 29.6 Å². The number of fused-ring (bicyclic) bond motifs is 4. The molecule has 1 unspecified atom stereocenters. The van der Waals surface area contributed by atoms with Gasteiger partial charge in [0, 0.05) is 24.1 Å². The van der Waals surface area contributed by atoms with Crippen LogP contribution in [-0.2, 0) is 16.0 Å². The van der Waals surface area contributed by atoms with Gasteiger partial charge in [0.05, 0.1) is 11.4 Å². The van der Waals surface area contributed by atoms with Crippen LogP contribution in [0.3, 0.4) is 0 Å². The minimum absolute atomic E-state index is 0.0144. The van der Waals surface area contributed by atoms with Gasteiger partial charge in [0.1, 0.15) is 18.3 Å². The van der Waals surface area contributed by atoms with Crippen LogP contribution in [0.5, 0.6) is 0 Å². The lowest BCUT2D eigenvalue weighted by Gasteiger charge is -2.18. The molecule has 7 rings (SSSR count). The standard InChI is InChI=1S/C37H29N3O4/c41-36(42)32(38-37(43)44-23-31-29-14-6-4-12-27(29)28-13-5-7-15-30(28)31)22-33-35(39-34-16-8-9-21-40(33)34)26-19-17-25(18-20-26)24-10-2-1-3-11-24/h1-21,31-32H,22-23H2,(H,38,43)(H,41,42). The second-order valence-corrected chi connectivity index (χ2v) is 10.8. The normalized spacial score (nSPS) is 12.8. The fraction of sp³-hybridized carbons (Fsp3) is 0.108. The average molecular weight is 580 g/mol. The molecule has 6 aromatic rings. The number of hydrogen-bond donors (Lipinski definition) is 2. The molecule has 2 aromatic heterocycles. The summed E-state index contributed by atoms with van der Waals surface area (Å²) in [4.78, 5) is 30.3. The van der Waals surface area contributed by atoms with E-state index in [4.69, 9.17) is 9.72 Å². The topological polar surface area (TPSA) is 92.9 Å². The zero-order valence-corrected chi connectivity index (χ0v) is 23.8. The molecule has 0 radical (unpaired) electrons. The smallest absolute Gasteiger partial charge is 0.407 e. The highest BCUT2D eigenvalue weighted by Gasteiger charge is 2.30. The highest BCUT2D eigenvalue weighted by atomic mass is 16.5. The summed E-state index contributed by atoms with van der Waals surface area (Å²) < 4.78 is 7.53. The molecule has 4 aromatic carbocycles. The Hall–Kier alpha value is -5.69. The lowest BCUT2D eigenvalue weighted by molar-refractivity contribution is -0.139. The van der Waals surface area contributed by atoms with Crippen molar-refractivity contribution in [1.29, 1.82) is 0 Å². The van der Waals surface area contributed by atoms with E-state index in [1.165, 1.54) is 0 Å². The number of carboxylic acids is 1. The average Bonchev–Trinajstić information content (AvgIpc) is 3.59. The van der Waals surface area contributed by atoms with Gasteiger partial charge < -0.3 is 19.6 Å². The van der Waals surface area contributed by atoms with E-state index >= 15 is 0 Å². The van der Waals surface area contributed by atoms with Gasteiger partial charge in [-0.05, 0) is 45.5 Å². The Morgan fingerprint density at radius 2 is 1.34 bits per heavy atom. The molecule has 44 heavy (non-hydrogen) atoms. The second kappa shape index (κ2) is 11.5. The number of imidazole rings is 1. The van der Waals surface area contributed by atoms with Crippen molar-refractivity contribution in [3.63, 3.8) is 0 Å². The Balaban J connectivity index is 1.12. The largest absolute Gasteiger partial charge is 0.480 e. The molecule has 0 aliphatic heterocycles. The van der Waals surface area contributed by atoms with Crippen molar-refractivity contribution < 1.29 is 19.4 Å². The molecule has 1 aliphatic carbocycles. The minimum atomic E-state index is -1.23. The minimum Gasteiger partial charge on any atom is -0.480 e. The van der Waals surface area contributed by atoms with Crippen LogP contribution in [0.4, 0.5) is 4.79 Å². The third kappa shape index (κ3) is 5.09. The number of rotatable bonds is 8. The number of carbonyl (C=O) groups excluding carboxylic acids is 1. The van der Waals surface area contributed by atoms with Crippen LogP contribution < -0.4 is 5.32 Å². The Bertz CT molecular complexity index is 1940. The molecule has 2 N–H and O–H groups in total. The van der Waals surface area contributed by atoms with E-state index in [1.54, 1.807) is 0 Å². The van der Waals surface area contributed by atoms with Crippen molar-refractivity contribution in [2.75, 3.05) is 6.61 Å². The molecule has 0 saturated carbocycles. The number of pyridine rings is 1. The van der Waals surface area contributed by atoms with Gasteiger partial charge in [-0.3, -0.25) is 0 Å². The first kappa shape index (κ1) is 27.2. The SMILES string of the molecule is O=C(NC(Cc1c(-c2ccc(-c3ccccc3)cc2)nc2ccccn12)C(=O)O)OCC1c2ccccc2-c2ccccc21. The fourth-order valence-electron chi connectivity index (χ4n) is 6.10. The van der Waals surface area contributed by atoms with E-state index < -0.39 is 18.1 Å². The molecule has 0 bridgehead atoms. The van der Waals surface area contributed by atoms with Gasteiger partial charge in [0.25, 0.3) is 0 Å². The highest BCUT2D eigenvalue weighted by Crippen LogP contribution is 2.44. The Labute approximate surface area is 254 Å². The zero-order chi connectivity index (χ0) is 30.0. The maximum atomic E-state index is 13.0. The van der Waals surface area contributed by atoms with Crippen molar-refractivity contribution in [2.45, 2.75) is 18.4 Å². The van der Waals surface area contributed by atoms with Crippen LogP contribution in [0.2, 0.25) is 0 Å². The van der Waals surface area contributed by atoms with Crippen molar-refractivity contribution in [2.24, 2.45) is 0 Å². The van der Waals surface area contributed by atoms with Crippen LogP contribution in [-0.4, -0.2) is 39.2 Å². The van der Waals surface area contributed by atoms with Crippen molar-refractivity contribution in [3.8, 4) is 33.5 Å². The van der Waals surface area contributed by atoms with Crippen LogP contribution >= 0.6 is 0 Å². The number of hydrogen-bond acceptors (Lipinski definition) is 4. The monoisotopic (exact) mass is 579 g/mol. The zero-order valence-electron chi connectivity index (χ0n) is 23.8. The fourth-order valence-corrected chi connectivity index (χ4v) is 6.10. The van der Waals surface area contributed by atoms with Crippen LogP contribution in [0.15, 0.2) is 128 Å². The third-order valence-electron chi connectivity index (χ3n) is 8.23. The number of carbonyl (C=O) groups is 2. The summed E-state index contributed by atoms with van der Waals surface area (Å²) >= 11 is 0. The predicted octanol–water partition coefficient (Wildman–Crippen LogP) is 7.20. The van der Waals surface area contributed by atoms with Crippen molar-refractivity contribution in [3.05, 3.63) is 144 Å². The van der Waals surface area contributed by atoms with E-state index in [9.17, 15) is 14.7 Å². The number of carboxylic acid groups (broad SMARTS) is 1. The molecule has 0 spiro atoms. The van der Waals surface area contributed by atoms with Gasteiger partial charge >= 0.3 is 12.1 Å². The summed E-state index contributed by atoms with van der Waals surface area (Å²) in [6, 6.07) is 38.7. The number of nitrogens with zero attached hydrogens (tertiary/aromatic N) is 2. The van der Waals surface area contributed by atoms with E-state index in [0.29, 0.717) is 17.0 Å². The van der Waals surface area contributed by atoms with Gasteiger partial charge in [0.15, 0.2) is 0 Å². The maximum Gasteiger partial charge on any atom is 0.407 e. The molecular weight excluding hydrogens is 550 g/mol. The summed E-state index contributed by atoms with van der Waals surface area (Å²) in [6.45, 7) is 0.0980. The molecule has 1 aliphatic rings. The predicted molar refractivity (Wildman–Crippen MR) is 169 cm³/mol. The van der Waals surface area contributed by atoms with Gasteiger partial charge in [-0.25, -0.2) is 14.6 Å². The molecule has 2 heterocycles. The number of nitrogens with one attached hydrogen (secondary N) is 1. The summed E-state index contributed by atoms with van der Waals surface area (Å²) in [7, 11) is 0. The Morgan fingerprint density at radius 1 is 0.750 bits per heavy atom. The molecule has 1 atom stereocenters. The first-order valence-electron chi connectivity index (χ1n) is 14.5. The van der Waals surface area contributed by atoms with Crippen LogP contribution in [0, 0.1) is 0 Å². The molecule has 7 nitrogen and oxygen atoms in total. The summed E-state index contributed by atoms with van der Waals surface area (Å²) in [5.74, 6) is -1.28. The highest BCUT2D eigenvalue weighted by molar-refractivity contribution is 5.82. The molecule has 1 amide bonds. The number of aromatic nitrogens is 2. The number of amides is 1. The lowest BCUT2D eigenvalue weighted by Crippen LogP contribution is -2.43. The summed E-state index contributed by atoms with van der Waals surface area (Å²) in [5, 5.41) is 12.8. The Kier molecular flexibility index (Phi) is 7.12. The number of alkyl carbamates (subject to hydrolysis) is 1. The number of aliphatic carboxylic acids is 1. The number of benzene rings is 4. The maximum absolute atomic E-state index is 13.0.